The van der Waals surface area contributed by atoms with Crippen molar-refractivity contribution in [3.05, 3.63) is 34.9 Å². The van der Waals surface area contributed by atoms with Crippen LogP contribution in [0.2, 0.25) is 5.02 Å². The van der Waals surface area contributed by atoms with Crippen LogP contribution in [0.5, 0.6) is 0 Å². The number of likely N-dealkylation sites (N-methyl/N-ethyl adjacent to an activating group) is 1. The number of halogens is 1. The van der Waals surface area contributed by atoms with Gasteiger partial charge in [-0.15, -0.1) is 0 Å². The van der Waals surface area contributed by atoms with E-state index in [9.17, 15) is 4.79 Å². The van der Waals surface area contributed by atoms with Crippen LogP contribution in [0.15, 0.2) is 24.3 Å². The molecule has 0 radical (unpaired) electrons. The monoisotopic (exact) mass is 265 g/mol. The minimum absolute atomic E-state index is 0.165. The van der Waals surface area contributed by atoms with Crippen molar-refractivity contribution in [3.63, 3.8) is 0 Å². The van der Waals surface area contributed by atoms with Crippen molar-refractivity contribution in [1.82, 2.24) is 4.90 Å². The van der Waals surface area contributed by atoms with Crippen LogP contribution < -0.4 is 0 Å². The Morgan fingerprint density at radius 3 is 2.78 bits per heavy atom. The van der Waals surface area contributed by atoms with E-state index in [-0.39, 0.29) is 5.78 Å². The van der Waals surface area contributed by atoms with E-state index < -0.39 is 0 Å². The molecule has 1 aromatic carbocycles. The van der Waals surface area contributed by atoms with Crippen molar-refractivity contribution in [2.75, 3.05) is 19.6 Å². The van der Waals surface area contributed by atoms with Crippen LogP contribution in [0.25, 0.3) is 0 Å². The van der Waals surface area contributed by atoms with E-state index >= 15 is 0 Å². The highest BCUT2D eigenvalue weighted by molar-refractivity contribution is 6.31. The molecule has 0 spiro atoms. The molecule has 0 aliphatic heterocycles. The summed E-state index contributed by atoms with van der Waals surface area (Å²) in [7, 11) is 0. The molecule has 1 aliphatic carbocycles. The smallest absolute Gasteiger partial charge is 0.176 e. The van der Waals surface area contributed by atoms with E-state index in [4.69, 9.17) is 11.6 Å². The highest BCUT2D eigenvalue weighted by atomic mass is 35.5. The number of nitrogens with zero attached hydrogens (tertiary/aromatic N) is 1. The van der Waals surface area contributed by atoms with Crippen molar-refractivity contribution >= 4 is 17.4 Å². The number of rotatable bonds is 6. The molecule has 2 nitrogen and oxygen atoms in total. The first-order valence-corrected chi connectivity index (χ1v) is 7.08. The van der Waals surface area contributed by atoms with Crippen LogP contribution in [0.1, 0.15) is 36.5 Å². The van der Waals surface area contributed by atoms with Crippen molar-refractivity contribution in [2.24, 2.45) is 5.92 Å². The lowest BCUT2D eigenvalue weighted by atomic mass is 9.85. The molecule has 0 bridgehead atoms. The Bertz CT molecular complexity index is 415. The van der Waals surface area contributed by atoms with Crippen molar-refractivity contribution in [1.29, 1.82) is 0 Å². The highest BCUT2D eigenvalue weighted by Crippen LogP contribution is 2.27. The average Bonchev–Trinajstić information content (AvgIpc) is 2.31. The molecule has 3 heteroatoms. The minimum Gasteiger partial charge on any atom is -0.296 e. The molecule has 1 aliphatic rings. The van der Waals surface area contributed by atoms with Crippen LogP contribution in [0.3, 0.4) is 0 Å². The molecule has 0 heterocycles. The van der Waals surface area contributed by atoms with E-state index in [0.717, 1.165) is 24.6 Å². The Hall–Kier alpha value is -0.860. The van der Waals surface area contributed by atoms with Crippen LogP contribution in [-0.4, -0.2) is 30.3 Å². The van der Waals surface area contributed by atoms with Gasteiger partial charge in [0, 0.05) is 17.1 Å². The predicted octanol–water partition coefficient (Wildman–Crippen LogP) is 3.64. The van der Waals surface area contributed by atoms with Gasteiger partial charge in [-0.1, -0.05) is 37.1 Å². The number of ketones is 1. The van der Waals surface area contributed by atoms with Gasteiger partial charge in [0.15, 0.2) is 5.78 Å². The van der Waals surface area contributed by atoms with Gasteiger partial charge < -0.3 is 0 Å². The fraction of sp³-hybridized carbons (Fsp3) is 0.533. The molecular formula is C15H20ClNO. The lowest BCUT2D eigenvalue weighted by molar-refractivity contribution is 0.0905. The number of benzene rings is 1. The summed E-state index contributed by atoms with van der Waals surface area (Å²) in [5, 5.41) is 0.628. The maximum Gasteiger partial charge on any atom is 0.176 e. The molecule has 1 saturated carbocycles. The summed E-state index contributed by atoms with van der Waals surface area (Å²) in [6.45, 7) is 4.61. The van der Waals surface area contributed by atoms with Gasteiger partial charge in [-0.3, -0.25) is 9.69 Å². The van der Waals surface area contributed by atoms with Gasteiger partial charge in [0.05, 0.1) is 6.54 Å². The summed E-state index contributed by atoms with van der Waals surface area (Å²) in [6, 6.07) is 7.22. The summed E-state index contributed by atoms with van der Waals surface area (Å²) in [6.07, 6.45) is 3.99. The molecule has 18 heavy (non-hydrogen) atoms. The van der Waals surface area contributed by atoms with Crippen molar-refractivity contribution < 1.29 is 4.79 Å². The van der Waals surface area contributed by atoms with Crippen molar-refractivity contribution in [3.8, 4) is 0 Å². The molecule has 1 aromatic rings. The standard InChI is InChI=1S/C15H20ClNO/c1-2-17(10-12-5-3-6-12)11-15(18)13-7-4-8-14(16)9-13/h4,7-9,12H,2-3,5-6,10-11H2,1H3. The minimum atomic E-state index is 0.165. The van der Waals surface area contributed by atoms with E-state index in [2.05, 4.69) is 11.8 Å². The van der Waals surface area contributed by atoms with Crippen LogP contribution in [-0.2, 0) is 0 Å². The number of hydrogen-bond donors (Lipinski definition) is 0. The Labute approximate surface area is 114 Å². The highest BCUT2D eigenvalue weighted by Gasteiger charge is 2.21. The molecule has 0 unspecified atom stereocenters. The normalized spacial score (nSPS) is 15.7. The number of carbonyl (C=O) groups excluding carboxylic acids is 1. The third-order valence-corrected chi connectivity index (χ3v) is 3.94. The van der Waals surface area contributed by atoms with Gasteiger partial charge in [0.25, 0.3) is 0 Å². The van der Waals surface area contributed by atoms with Gasteiger partial charge in [-0.2, -0.15) is 0 Å². The fourth-order valence-electron chi connectivity index (χ4n) is 2.30. The lowest BCUT2D eigenvalue weighted by Crippen LogP contribution is -2.36. The Kier molecular flexibility index (Phi) is 4.79. The number of hydrogen-bond acceptors (Lipinski definition) is 2. The van der Waals surface area contributed by atoms with E-state index in [1.54, 1.807) is 12.1 Å². The summed E-state index contributed by atoms with van der Waals surface area (Å²) >= 11 is 5.91. The maximum atomic E-state index is 12.2. The summed E-state index contributed by atoms with van der Waals surface area (Å²) in [5.74, 6) is 0.968. The van der Waals surface area contributed by atoms with Crippen molar-refractivity contribution in [2.45, 2.75) is 26.2 Å². The first-order valence-electron chi connectivity index (χ1n) is 6.70. The Balaban J connectivity index is 1.91. The molecule has 2 rings (SSSR count). The van der Waals surface area contributed by atoms with Crippen LogP contribution >= 0.6 is 11.6 Å². The van der Waals surface area contributed by atoms with Gasteiger partial charge in [0.2, 0.25) is 0 Å². The van der Waals surface area contributed by atoms with Crippen LogP contribution in [0, 0.1) is 5.92 Å². The number of Topliss-reactive ketones (excluding diaryl/α,β-unsaturated/α-hetero) is 1. The van der Waals surface area contributed by atoms with Crippen LogP contribution in [0.4, 0.5) is 0 Å². The summed E-state index contributed by atoms with van der Waals surface area (Å²) in [5.41, 5.74) is 0.717. The van der Waals surface area contributed by atoms with Gasteiger partial charge in [-0.25, -0.2) is 0 Å². The first kappa shape index (κ1) is 13.6. The Morgan fingerprint density at radius 1 is 1.44 bits per heavy atom. The molecule has 1 fully saturated rings. The molecular weight excluding hydrogens is 246 g/mol. The van der Waals surface area contributed by atoms with Gasteiger partial charge in [0.1, 0.15) is 0 Å². The van der Waals surface area contributed by atoms with Gasteiger partial charge in [-0.05, 0) is 37.4 Å². The maximum absolute atomic E-state index is 12.2. The lowest BCUT2D eigenvalue weighted by Gasteiger charge is -2.31. The first-order chi connectivity index (χ1) is 8.69. The zero-order valence-electron chi connectivity index (χ0n) is 10.9. The quantitative estimate of drug-likeness (QED) is 0.732. The molecule has 0 atom stereocenters. The number of carbonyl (C=O) groups is 1. The third kappa shape index (κ3) is 3.56. The van der Waals surface area contributed by atoms with E-state index in [0.29, 0.717) is 11.6 Å². The SMILES string of the molecule is CCN(CC(=O)c1cccc(Cl)c1)CC1CCC1. The molecule has 98 valence electrons. The zero-order chi connectivity index (χ0) is 13.0. The molecule has 0 amide bonds. The second-order valence-corrected chi connectivity index (χ2v) is 5.49. The predicted molar refractivity (Wildman–Crippen MR) is 75.2 cm³/mol. The second kappa shape index (κ2) is 6.35. The third-order valence-electron chi connectivity index (χ3n) is 3.70. The summed E-state index contributed by atoms with van der Waals surface area (Å²) < 4.78 is 0. The van der Waals surface area contributed by atoms with Gasteiger partial charge >= 0.3 is 0 Å². The fourth-order valence-corrected chi connectivity index (χ4v) is 2.49. The Morgan fingerprint density at radius 2 is 2.22 bits per heavy atom. The molecule has 0 saturated heterocycles. The van der Waals surface area contributed by atoms with E-state index in [1.165, 1.54) is 19.3 Å². The molecule has 0 N–H and O–H groups in total. The molecule has 0 aromatic heterocycles. The summed E-state index contributed by atoms with van der Waals surface area (Å²) in [4.78, 5) is 14.4. The average molecular weight is 266 g/mol. The topological polar surface area (TPSA) is 20.3 Å². The van der Waals surface area contributed by atoms with E-state index in [1.807, 2.05) is 12.1 Å². The largest absolute Gasteiger partial charge is 0.296 e. The second-order valence-electron chi connectivity index (χ2n) is 5.06. The zero-order valence-corrected chi connectivity index (χ0v) is 11.6.